The Kier molecular flexibility index (Phi) is 5.11. The number of carbonyl (C=O) groups excluding carboxylic acids is 2. The van der Waals surface area contributed by atoms with E-state index in [4.69, 9.17) is 4.74 Å². The fraction of sp³-hybridized carbons (Fsp3) is 0.444. The summed E-state index contributed by atoms with van der Waals surface area (Å²) >= 11 is 0. The van der Waals surface area contributed by atoms with Crippen molar-refractivity contribution in [2.45, 2.75) is 25.7 Å². The zero-order chi connectivity index (χ0) is 17.8. The first-order chi connectivity index (χ1) is 12.1. The molecule has 1 aliphatic rings. The highest BCUT2D eigenvalue weighted by Gasteiger charge is 2.28. The first kappa shape index (κ1) is 17.1. The highest BCUT2D eigenvalue weighted by atomic mass is 16.5. The first-order valence-electron chi connectivity index (χ1n) is 8.42. The maximum absolute atomic E-state index is 12.4. The molecule has 0 aliphatic carbocycles. The van der Waals surface area contributed by atoms with E-state index in [9.17, 15) is 14.4 Å². The van der Waals surface area contributed by atoms with Crippen LogP contribution < -0.4 is 5.56 Å². The smallest absolute Gasteiger partial charge is 0.310 e. The second-order valence-corrected chi connectivity index (χ2v) is 6.23. The number of rotatable bonds is 4. The van der Waals surface area contributed by atoms with Gasteiger partial charge in [0.1, 0.15) is 5.69 Å². The number of likely N-dealkylation sites (tertiary alicyclic amines) is 1. The molecule has 1 aromatic heterocycles. The number of aryl methyl sites for hydroxylation is 1. The largest absolute Gasteiger partial charge is 0.469 e. The van der Waals surface area contributed by atoms with Gasteiger partial charge in [0, 0.05) is 25.9 Å². The lowest BCUT2D eigenvalue weighted by atomic mass is 9.98. The van der Waals surface area contributed by atoms with Crippen molar-refractivity contribution in [1.29, 1.82) is 0 Å². The number of aromatic nitrogens is 2. The summed E-state index contributed by atoms with van der Waals surface area (Å²) in [6.07, 6.45) is 1.99. The number of fused-ring (bicyclic) bond motifs is 1. The van der Waals surface area contributed by atoms with E-state index in [-0.39, 0.29) is 36.2 Å². The average Bonchev–Trinajstić information content (AvgIpc) is 2.65. The summed E-state index contributed by atoms with van der Waals surface area (Å²) in [6, 6.07) is 7.29. The van der Waals surface area contributed by atoms with Gasteiger partial charge < -0.3 is 14.6 Å². The summed E-state index contributed by atoms with van der Waals surface area (Å²) in [5, 5.41) is 0. The molecular weight excluding hydrogens is 322 g/mol. The lowest BCUT2D eigenvalue weighted by Gasteiger charge is -2.31. The summed E-state index contributed by atoms with van der Waals surface area (Å²) < 4.78 is 4.77. The fourth-order valence-corrected chi connectivity index (χ4v) is 3.18. The Hall–Kier alpha value is -2.70. The summed E-state index contributed by atoms with van der Waals surface area (Å²) in [7, 11) is 1.36. The predicted molar refractivity (Wildman–Crippen MR) is 92.0 cm³/mol. The molecule has 1 aromatic carbocycles. The third kappa shape index (κ3) is 3.87. The van der Waals surface area contributed by atoms with Crippen LogP contribution in [0.15, 0.2) is 29.1 Å². The molecule has 25 heavy (non-hydrogen) atoms. The maximum atomic E-state index is 12.4. The molecule has 0 bridgehead atoms. The van der Waals surface area contributed by atoms with Crippen LogP contribution in [0.3, 0.4) is 0 Å². The Morgan fingerprint density at radius 2 is 2.16 bits per heavy atom. The fourth-order valence-electron chi connectivity index (χ4n) is 3.18. The molecule has 2 heterocycles. The van der Waals surface area contributed by atoms with Gasteiger partial charge in [0.05, 0.1) is 24.1 Å². The lowest BCUT2D eigenvalue weighted by molar-refractivity contribution is -0.149. The number of amides is 1. The summed E-state index contributed by atoms with van der Waals surface area (Å²) in [6.45, 7) is 1.01. The van der Waals surface area contributed by atoms with E-state index in [0.29, 0.717) is 29.8 Å². The second-order valence-electron chi connectivity index (χ2n) is 6.23. The maximum Gasteiger partial charge on any atom is 0.310 e. The number of nitrogens with one attached hydrogen (secondary N) is 1. The SMILES string of the molecule is COC(=O)C1CCCN(C(=O)CCc2nc3ccccc3[nH]c2=O)C1. The standard InChI is InChI=1S/C18H21N3O4/c1-25-18(24)12-5-4-10-21(11-12)16(22)9-8-15-17(23)20-14-7-3-2-6-13(14)19-15/h2-3,6-7,12H,4-5,8-11H2,1H3,(H,20,23). The van der Waals surface area contributed by atoms with Crippen LogP contribution in [-0.4, -0.2) is 46.9 Å². The number of carbonyl (C=O) groups is 2. The van der Waals surface area contributed by atoms with Crippen molar-refractivity contribution in [3.05, 3.63) is 40.3 Å². The monoisotopic (exact) mass is 343 g/mol. The number of nitrogens with zero attached hydrogens (tertiary/aromatic N) is 2. The van der Waals surface area contributed by atoms with Gasteiger partial charge in [-0.25, -0.2) is 4.98 Å². The van der Waals surface area contributed by atoms with Crippen LogP contribution in [0.2, 0.25) is 0 Å². The van der Waals surface area contributed by atoms with Crippen LogP contribution in [-0.2, 0) is 20.7 Å². The Bertz CT molecular complexity index is 846. The van der Waals surface area contributed by atoms with Gasteiger partial charge >= 0.3 is 5.97 Å². The summed E-state index contributed by atoms with van der Waals surface area (Å²) in [5.74, 6) is -0.599. The molecule has 7 heteroatoms. The zero-order valence-electron chi connectivity index (χ0n) is 14.2. The van der Waals surface area contributed by atoms with Crippen molar-refractivity contribution in [3.63, 3.8) is 0 Å². The van der Waals surface area contributed by atoms with Crippen LogP contribution in [0.5, 0.6) is 0 Å². The molecule has 1 atom stereocenters. The van der Waals surface area contributed by atoms with Crippen LogP contribution in [0.1, 0.15) is 25.0 Å². The molecular formula is C18H21N3O4. The lowest BCUT2D eigenvalue weighted by Crippen LogP contribution is -2.42. The Morgan fingerprint density at radius 3 is 2.96 bits per heavy atom. The first-order valence-corrected chi connectivity index (χ1v) is 8.42. The minimum Gasteiger partial charge on any atom is -0.469 e. The van der Waals surface area contributed by atoms with Crippen molar-refractivity contribution in [3.8, 4) is 0 Å². The third-order valence-electron chi connectivity index (χ3n) is 4.55. The number of aromatic amines is 1. The molecule has 2 aromatic rings. The number of esters is 1. The number of hydrogen-bond acceptors (Lipinski definition) is 5. The number of piperidine rings is 1. The number of H-pyrrole nitrogens is 1. The van der Waals surface area contributed by atoms with Gasteiger partial charge in [0.15, 0.2) is 0 Å². The minimum absolute atomic E-state index is 0.0667. The highest BCUT2D eigenvalue weighted by molar-refractivity contribution is 5.79. The molecule has 1 aliphatic heterocycles. The van der Waals surface area contributed by atoms with Gasteiger partial charge in [-0.3, -0.25) is 14.4 Å². The van der Waals surface area contributed by atoms with Crippen molar-refractivity contribution in [1.82, 2.24) is 14.9 Å². The van der Waals surface area contributed by atoms with E-state index in [1.807, 2.05) is 18.2 Å². The van der Waals surface area contributed by atoms with Gasteiger partial charge in [0.2, 0.25) is 5.91 Å². The molecule has 1 fully saturated rings. The topological polar surface area (TPSA) is 92.4 Å². The van der Waals surface area contributed by atoms with E-state index in [2.05, 4.69) is 9.97 Å². The van der Waals surface area contributed by atoms with Crippen LogP contribution in [0.25, 0.3) is 11.0 Å². The van der Waals surface area contributed by atoms with Crippen molar-refractivity contribution in [2.24, 2.45) is 5.92 Å². The van der Waals surface area contributed by atoms with Crippen LogP contribution in [0.4, 0.5) is 0 Å². The summed E-state index contributed by atoms with van der Waals surface area (Å²) in [5.41, 5.74) is 1.47. The van der Waals surface area contributed by atoms with E-state index in [0.717, 1.165) is 12.8 Å². The molecule has 1 amide bonds. The third-order valence-corrected chi connectivity index (χ3v) is 4.55. The Labute approximate surface area is 145 Å². The highest BCUT2D eigenvalue weighted by Crippen LogP contribution is 2.18. The van der Waals surface area contributed by atoms with Gasteiger partial charge in [-0.2, -0.15) is 0 Å². The number of para-hydroxylation sites is 2. The molecule has 1 N–H and O–H groups in total. The van der Waals surface area contributed by atoms with E-state index in [1.54, 1.807) is 11.0 Å². The molecule has 0 saturated carbocycles. The number of hydrogen-bond donors (Lipinski definition) is 1. The van der Waals surface area contributed by atoms with E-state index in [1.165, 1.54) is 7.11 Å². The zero-order valence-corrected chi connectivity index (χ0v) is 14.2. The second kappa shape index (κ2) is 7.46. The van der Waals surface area contributed by atoms with Crippen molar-refractivity contribution < 1.29 is 14.3 Å². The molecule has 3 rings (SSSR count). The Balaban J connectivity index is 1.65. The average molecular weight is 343 g/mol. The number of benzene rings is 1. The molecule has 1 unspecified atom stereocenters. The van der Waals surface area contributed by atoms with Crippen LogP contribution >= 0.6 is 0 Å². The molecule has 0 spiro atoms. The summed E-state index contributed by atoms with van der Waals surface area (Å²) in [4.78, 5) is 45.0. The predicted octanol–water partition coefficient (Wildman–Crippen LogP) is 1.27. The molecule has 0 radical (unpaired) electrons. The Morgan fingerprint density at radius 1 is 1.36 bits per heavy atom. The quantitative estimate of drug-likeness (QED) is 0.844. The molecule has 132 valence electrons. The van der Waals surface area contributed by atoms with E-state index >= 15 is 0 Å². The van der Waals surface area contributed by atoms with Gasteiger partial charge in [0.25, 0.3) is 5.56 Å². The van der Waals surface area contributed by atoms with E-state index < -0.39 is 0 Å². The van der Waals surface area contributed by atoms with Crippen molar-refractivity contribution >= 4 is 22.9 Å². The minimum atomic E-state index is -0.273. The van der Waals surface area contributed by atoms with Crippen LogP contribution in [0, 0.1) is 5.92 Å². The van der Waals surface area contributed by atoms with Gasteiger partial charge in [-0.15, -0.1) is 0 Å². The molecule has 1 saturated heterocycles. The van der Waals surface area contributed by atoms with Gasteiger partial charge in [-0.05, 0) is 25.0 Å². The number of methoxy groups -OCH3 is 1. The van der Waals surface area contributed by atoms with Gasteiger partial charge in [-0.1, -0.05) is 12.1 Å². The normalized spacial score (nSPS) is 17.5. The van der Waals surface area contributed by atoms with Crippen molar-refractivity contribution in [2.75, 3.05) is 20.2 Å². The number of ether oxygens (including phenoxy) is 1. The molecule has 7 nitrogen and oxygen atoms in total.